The molecule has 0 aliphatic heterocycles. The van der Waals surface area contributed by atoms with Gasteiger partial charge in [0.25, 0.3) is 0 Å². The molecule has 0 aliphatic rings. The number of carbonyl (C=O) groups excluding carboxylic acids is 1. The van der Waals surface area contributed by atoms with E-state index in [9.17, 15) is 4.79 Å². The van der Waals surface area contributed by atoms with Crippen molar-refractivity contribution in [2.24, 2.45) is 5.73 Å². The number of rotatable bonds is 8. The molecule has 2 aromatic carbocycles. The summed E-state index contributed by atoms with van der Waals surface area (Å²) < 4.78 is 5.82. The Morgan fingerprint density at radius 2 is 1.68 bits per heavy atom. The first-order chi connectivity index (χ1) is 10.8. The highest BCUT2D eigenvalue weighted by molar-refractivity contribution is 5.92. The van der Waals surface area contributed by atoms with Crippen LogP contribution in [0.25, 0.3) is 0 Å². The van der Waals surface area contributed by atoms with E-state index in [4.69, 9.17) is 10.5 Å². The molecule has 116 valence electrons. The van der Waals surface area contributed by atoms with Crippen molar-refractivity contribution in [3.05, 3.63) is 54.6 Å². The van der Waals surface area contributed by atoms with Gasteiger partial charge in [0.05, 0.1) is 5.69 Å². The predicted octanol–water partition coefficient (Wildman–Crippen LogP) is 3.94. The molecular formula is C18H22N2O2. The van der Waals surface area contributed by atoms with E-state index in [1.54, 1.807) is 0 Å². The zero-order valence-electron chi connectivity index (χ0n) is 12.6. The fraction of sp³-hybridized carbons (Fsp3) is 0.278. The van der Waals surface area contributed by atoms with E-state index in [1.807, 2.05) is 54.6 Å². The maximum absolute atomic E-state index is 12.0. The normalized spacial score (nSPS) is 10.2. The van der Waals surface area contributed by atoms with E-state index in [0.717, 1.165) is 25.0 Å². The van der Waals surface area contributed by atoms with Crippen LogP contribution in [0, 0.1) is 0 Å². The Kier molecular flexibility index (Phi) is 6.45. The summed E-state index contributed by atoms with van der Waals surface area (Å²) in [5.41, 5.74) is 6.14. The summed E-state index contributed by atoms with van der Waals surface area (Å²) in [4.78, 5) is 12.0. The number of carbonyl (C=O) groups is 1. The summed E-state index contributed by atoms with van der Waals surface area (Å²) in [6, 6.07) is 17.0. The van der Waals surface area contributed by atoms with Crippen LogP contribution in [0.4, 0.5) is 5.69 Å². The number of unbranched alkanes of at least 4 members (excludes halogenated alkanes) is 2. The first-order valence-corrected chi connectivity index (χ1v) is 7.61. The first-order valence-electron chi connectivity index (χ1n) is 7.61. The summed E-state index contributed by atoms with van der Waals surface area (Å²) in [6.07, 6.45) is 3.29. The van der Waals surface area contributed by atoms with Crippen molar-refractivity contribution < 1.29 is 9.53 Å². The Bertz CT molecular complexity index is 585. The largest absolute Gasteiger partial charge is 0.455 e. The van der Waals surface area contributed by atoms with Gasteiger partial charge < -0.3 is 15.8 Å². The van der Waals surface area contributed by atoms with Crippen LogP contribution in [-0.2, 0) is 4.79 Å². The van der Waals surface area contributed by atoms with Crippen molar-refractivity contribution in [3.63, 3.8) is 0 Å². The highest BCUT2D eigenvalue weighted by Crippen LogP contribution is 2.29. The molecule has 0 bridgehead atoms. The molecule has 1 amide bonds. The Balaban J connectivity index is 1.95. The maximum Gasteiger partial charge on any atom is 0.224 e. The van der Waals surface area contributed by atoms with Gasteiger partial charge in [-0.05, 0) is 43.7 Å². The van der Waals surface area contributed by atoms with Crippen molar-refractivity contribution in [2.75, 3.05) is 11.9 Å². The van der Waals surface area contributed by atoms with Gasteiger partial charge in [-0.25, -0.2) is 0 Å². The zero-order valence-corrected chi connectivity index (χ0v) is 12.6. The number of anilines is 1. The van der Waals surface area contributed by atoms with Crippen molar-refractivity contribution >= 4 is 11.6 Å². The predicted molar refractivity (Wildman–Crippen MR) is 89.1 cm³/mol. The Morgan fingerprint density at radius 1 is 0.955 bits per heavy atom. The van der Waals surface area contributed by atoms with Gasteiger partial charge in [0.15, 0.2) is 5.75 Å². The van der Waals surface area contributed by atoms with Gasteiger partial charge >= 0.3 is 0 Å². The summed E-state index contributed by atoms with van der Waals surface area (Å²) in [5.74, 6) is 1.39. The van der Waals surface area contributed by atoms with Gasteiger partial charge in [0.1, 0.15) is 5.75 Å². The molecule has 0 radical (unpaired) electrons. The lowest BCUT2D eigenvalue weighted by molar-refractivity contribution is -0.116. The second kappa shape index (κ2) is 8.85. The molecule has 2 rings (SSSR count). The Labute approximate surface area is 131 Å². The smallest absolute Gasteiger partial charge is 0.224 e. The lowest BCUT2D eigenvalue weighted by Crippen LogP contribution is -2.12. The van der Waals surface area contributed by atoms with Crippen LogP contribution in [0.3, 0.4) is 0 Å². The van der Waals surface area contributed by atoms with Crippen molar-refractivity contribution in [1.82, 2.24) is 0 Å². The van der Waals surface area contributed by atoms with Crippen LogP contribution in [0.5, 0.6) is 11.5 Å². The fourth-order valence-electron chi connectivity index (χ4n) is 2.09. The van der Waals surface area contributed by atoms with E-state index in [-0.39, 0.29) is 5.91 Å². The van der Waals surface area contributed by atoms with Gasteiger partial charge in [0, 0.05) is 6.42 Å². The van der Waals surface area contributed by atoms with Crippen LogP contribution in [0.15, 0.2) is 54.6 Å². The average molecular weight is 298 g/mol. The minimum Gasteiger partial charge on any atom is -0.455 e. The van der Waals surface area contributed by atoms with E-state index in [1.165, 1.54) is 0 Å². The molecule has 0 heterocycles. The number of ether oxygens (including phenoxy) is 1. The molecule has 0 aromatic heterocycles. The maximum atomic E-state index is 12.0. The molecule has 2 aromatic rings. The molecule has 0 fully saturated rings. The summed E-state index contributed by atoms with van der Waals surface area (Å²) in [6.45, 7) is 0.676. The summed E-state index contributed by atoms with van der Waals surface area (Å²) in [5, 5.41) is 2.91. The SMILES string of the molecule is NCCCCCC(=O)Nc1ccccc1Oc1ccccc1. The highest BCUT2D eigenvalue weighted by atomic mass is 16.5. The van der Waals surface area contributed by atoms with E-state index >= 15 is 0 Å². The van der Waals surface area contributed by atoms with Gasteiger partial charge in [-0.3, -0.25) is 4.79 Å². The molecule has 4 nitrogen and oxygen atoms in total. The van der Waals surface area contributed by atoms with E-state index in [2.05, 4.69) is 5.32 Å². The molecule has 3 N–H and O–H groups in total. The zero-order chi connectivity index (χ0) is 15.6. The van der Waals surface area contributed by atoms with Crippen LogP contribution in [0.1, 0.15) is 25.7 Å². The van der Waals surface area contributed by atoms with Crippen molar-refractivity contribution in [1.29, 1.82) is 0 Å². The molecule has 0 unspecified atom stereocenters. The number of hydrogen-bond donors (Lipinski definition) is 2. The monoisotopic (exact) mass is 298 g/mol. The lowest BCUT2D eigenvalue weighted by atomic mass is 10.2. The third-order valence-corrected chi connectivity index (χ3v) is 3.24. The summed E-state index contributed by atoms with van der Waals surface area (Å²) in [7, 11) is 0. The number of amides is 1. The van der Waals surface area contributed by atoms with Gasteiger partial charge in [-0.15, -0.1) is 0 Å². The third-order valence-electron chi connectivity index (χ3n) is 3.24. The molecule has 22 heavy (non-hydrogen) atoms. The minimum atomic E-state index is 0.00105. The van der Waals surface area contributed by atoms with E-state index in [0.29, 0.717) is 24.4 Å². The van der Waals surface area contributed by atoms with Crippen LogP contribution < -0.4 is 15.8 Å². The molecule has 0 saturated heterocycles. The topological polar surface area (TPSA) is 64.4 Å². The molecule has 4 heteroatoms. The van der Waals surface area contributed by atoms with Crippen LogP contribution in [0.2, 0.25) is 0 Å². The standard InChI is InChI=1S/C18H22N2O2/c19-14-8-2-5-13-18(21)20-16-11-6-7-12-17(16)22-15-9-3-1-4-10-15/h1,3-4,6-7,9-12H,2,5,8,13-14,19H2,(H,20,21). The molecule has 0 atom stereocenters. The molecule has 0 aliphatic carbocycles. The van der Waals surface area contributed by atoms with Crippen molar-refractivity contribution in [2.45, 2.75) is 25.7 Å². The quantitative estimate of drug-likeness (QED) is 0.726. The lowest BCUT2D eigenvalue weighted by Gasteiger charge is -2.12. The Morgan fingerprint density at radius 3 is 2.45 bits per heavy atom. The van der Waals surface area contributed by atoms with Gasteiger partial charge in [0.2, 0.25) is 5.91 Å². The number of benzene rings is 2. The van der Waals surface area contributed by atoms with Gasteiger partial charge in [-0.1, -0.05) is 36.8 Å². The summed E-state index contributed by atoms with van der Waals surface area (Å²) >= 11 is 0. The number of hydrogen-bond acceptors (Lipinski definition) is 3. The number of para-hydroxylation sites is 3. The first kappa shape index (κ1) is 16.0. The second-order valence-corrected chi connectivity index (χ2v) is 5.06. The third kappa shape index (κ3) is 5.22. The highest BCUT2D eigenvalue weighted by Gasteiger charge is 2.08. The Hall–Kier alpha value is -2.33. The second-order valence-electron chi connectivity index (χ2n) is 5.06. The molecular weight excluding hydrogens is 276 g/mol. The molecule has 0 saturated carbocycles. The fourth-order valence-corrected chi connectivity index (χ4v) is 2.09. The van der Waals surface area contributed by atoms with Crippen LogP contribution in [-0.4, -0.2) is 12.5 Å². The van der Waals surface area contributed by atoms with E-state index < -0.39 is 0 Å². The van der Waals surface area contributed by atoms with Crippen LogP contribution >= 0.6 is 0 Å². The van der Waals surface area contributed by atoms with Crippen molar-refractivity contribution in [3.8, 4) is 11.5 Å². The minimum absolute atomic E-state index is 0.00105. The molecule has 0 spiro atoms. The van der Waals surface area contributed by atoms with Gasteiger partial charge in [-0.2, -0.15) is 0 Å². The number of nitrogens with one attached hydrogen (secondary N) is 1. The average Bonchev–Trinajstić information content (AvgIpc) is 2.54. The number of nitrogens with two attached hydrogens (primary N) is 1.